The molecule has 1 aromatic carbocycles. The van der Waals surface area contributed by atoms with Crippen molar-refractivity contribution in [2.24, 2.45) is 0 Å². The average molecular weight is 437 g/mol. The number of nitriles is 1. The van der Waals surface area contributed by atoms with E-state index in [0.29, 0.717) is 0 Å². The van der Waals surface area contributed by atoms with Gasteiger partial charge >= 0.3 is 0 Å². The van der Waals surface area contributed by atoms with Crippen LogP contribution in [0.3, 0.4) is 0 Å². The molecule has 2 aromatic heterocycles. The van der Waals surface area contributed by atoms with Crippen molar-refractivity contribution in [3.05, 3.63) is 80.8 Å². The number of benzene rings is 1. The van der Waals surface area contributed by atoms with Gasteiger partial charge in [0.15, 0.2) is 0 Å². The molecule has 0 radical (unpaired) electrons. The first-order valence-corrected chi connectivity index (χ1v) is 9.64. The molecule has 0 unspecified atom stereocenters. The van der Waals surface area contributed by atoms with Crippen molar-refractivity contribution in [2.75, 3.05) is 5.43 Å². The van der Waals surface area contributed by atoms with E-state index >= 15 is 0 Å². The third-order valence-corrected chi connectivity index (χ3v) is 5.38. The highest BCUT2D eigenvalue weighted by atomic mass is 79.9. The van der Waals surface area contributed by atoms with Crippen LogP contribution in [0.2, 0.25) is 0 Å². The Hall–Kier alpha value is -3.04. The minimum absolute atomic E-state index is 0.0554. The topological polar surface area (TPSA) is 62.8 Å². The smallest absolute Gasteiger partial charge is 0.280 e. The van der Waals surface area contributed by atoms with Crippen molar-refractivity contribution in [3.8, 4) is 11.8 Å². The molecule has 0 aliphatic rings. The molecule has 1 N–H and O–H groups in total. The Morgan fingerprint density at radius 3 is 2.32 bits per heavy atom. The number of para-hydroxylation sites is 1. The molecule has 0 spiro atoms. The first-order valence-electron chi connectivity index (χ1n) is 8.85. The third-order valence-electron chi connectivity index (χ3n) is 4.71. The number of rotatable bonds is 4. The standard InChI is InChI=1S/C22H21BrN4O/c1-14-9-10-15(2)27(14)25-22(28)19(13-24)12-18-11-16(3)26(17(18)4)21-8-6-5-7-20(21)23/h5-12H,1-4H3,(H,25,28)/b19-12-. The number of aromatic nitrogens is 2. The van der Waals surface area contributed by atoms with Gasteiger partial charge in [-0.3, -0.25) is 14.9 Å². The van der Waals surface area contributed by atoms with Gasteiger partial charge in [0.05, 0.1) is 5.69 Å². The van der Waals surface area contributed by atoms with Gasteiger partial charge in [0.25, 0.3) is 5.91 Å². The highest BCUT2D eigenvalue weighted by Crippen LogP contribution is 2.27. The number of hydrogen-bond acceptors (Lipinski definition) is 2. The Labute approximate surface area is 173 Å². The van der Waals surface area contributed by atoms with Crippen molar-refractivity contribution in [1.82, 2.24) is 9.24 Å². The summed E-state index contributed by atoms with van der Waals surface area (Å²) in [6.45, 7) is 7.77. The van der Waals surface area contributed by atoms with Crippen molar-refractivity contribution < 1.29 is 4.79 Å². The van der Waals surface area contributed by atoms with Gasteiger partial charge in [-0.2, -0.15) is 5.26 Å². The van der Waals surface area contributed by atoms with Gasteiger partial charge < -0.3 is 4.57 Å². The zero-order valence-electron chi connectivity index (χ0n) is 16.2. The van der Waals surface area contributed by atoms with E-state index in [-0.39, 0.29) is 5.57 Å². The van der Waals surface area contributed by atoms with Gasteiger partial charge in [0, 0.05) is 27.2 Å². The summed E-state index contributed by atoms with van der Waals surface area (Å²) in [5.41, 5.74) is 8.46. The molecular formula is C22H21BrN4O. The summed E-state index contributed by atoms with van der Waals surface area (Å²) in [4.78, 5) is 12.6. The molecular weight excluding hydrogens is 416 g/mol. The molecule has 142 valence electrons. The number of amides is 1. The van der Waals surface area contributed by atoms with Crippen LogP contribution < -0.4 is 5.43 Å². The summed E-state index contributed by atoms with van der Waals surface area (Å²) < 4.78 is 4.75. The van der Waals surface area contributed by atoms with Gasteiger partial charge in [-0.1, -0.05) is 12.1 Å². The highest BCUT2D eigenvalue weighted by Gasteiger charge is 2.15. The molecule has 0 saturated heterocycles. The lowest BCUT2D eigenvalue weighted by atomic mass is 10.1. The second-order valence-electron chi connectivity index (χ2n) is 6.68. The Balaban J connectivity index is 1.98. The fourth-order valence-electron chi connectivity index (χ4n) is 3.25. The maximum atomic E-state index is 12.6. The van der Waals surface area contributed by atoms with Crippen molar-refractivity contribution in [2.45, 2.75) is 27.7 Å². The SMILES string of the molecule is Cc1ccc(C)n1NC(=O)/C(C#N)=C\c1cc(C)n(-c2ccccc2Br)c1C. The maximum absolute atomic E-state index is 12.6. The fourth-order valence-corrected chi connectivity index (χ4v) is 3.71. The Morgan fingerprint density at radius 2 is 1.71 bits per heavy atom. The molecule has 5 nitrogen and oxygen atoms in total. The number of halogens is 1. The average Bonchev–Trinajstić information content (AvgIpc) is 3.12. The normalized spacial score (nSPS) is 11.4. The van der Waals surface area contributed by atoms with E-state index in [0.717, 1.165) is 38.5 Å². The summed E-state index contributed by atoms with van der Waals surface area (Å²) in [6, 6.07) is 15.8. The maximum Gasteiger partial charge on any atom is 0.280 e. The number of carbonyl (C=O) groups excluding carboxylic acids is 1. The second-order valence-corrected chi connectivity index (χ2v) is 7.53. The van der Waals surface area contributed by atoms with Gasteiger partial charge in [-0.05, 0) is 85.6 Å². The zero-order valence-corrected chi connectivity index (χ0v) is 17.8. The van der Waals surface area contributed by atoms with Crippen molar-refractivity contribution in [1.29, 1.82) is 5.26 Å². The number of carbonyl (C=O) groups is 1. The Bertz CT molecular complexity index is 1110. The van der Waals surface area contributed by atoms with Gasteiger partial charge in [-0.25, -0.2) is 0 Å². The van der Waals surface area contributed by atoms with Crippen LogP contribution in [-0.4, -0.2) is 15.2 Å². The first-order chi connectivity index (χ1) is 13.3. The van der Waals surface area contributed by atoms with E-state index in [2.05, 4.69) is 25.9 Å². The molecule has 2 heterocycles. The van der Waals surface area contributed by atoms with E-state index in [1.165, 1.54) is 0 Å². The predicted molar refractivity (Wildman–Crippen MR) is 115 cm³/mol. The van der Waals surface area contributed by atoms with Crippen LogP contribution >= 0.6 is 15.9 Å². The molecule has 3 rings (SSSR count). The Kier molecular flexibility index (Phi) is 5.57. The number of nitrogens with zero attached hydrogens (tertiary/aromatic N) is 3. The molecule has 1 amide bonds. The third kappa shape index (κ3) is 3.67. The predicted octanol–water partition coefficient (Wildman–Crippen LogP) is 4.95. The van der Waals surface area contributed by atoms with Crippen molar-refractivity contribution in [3.63, 3.8) is 0 Å². The van der Waals surface area contributed by atoms with Gasteiger partial charge in [-0.15, -0.1) is 0 Å². The van der Waals surface area contributed by atoms with E-state index in [4.69, 9.17) is 0 Å². The molecule has 0 bridgehead atoms. The number of aryl methyl sites for hydroxylation is 3. The quantitative estimate of drug-likeness (QED) is 0.464. The summed E-state index contributed by atoms with van der Waals surface area (Å²) in [7, 11) is 0. The minimum Gasteiger partial charge on any atom is -0.317 e. The van der Waals surface area contributed by atoms with Crippen molar-refractivity contribution >= 4 is 27.9 Å². The summed E-state index contributed by atoms with van der Waals surface area (Å²) >= 11 is 3.59. The van der Waals surface area contributed by atoms with Crippen LogP contribution in [0.15, 0.2) is 52.5 Å². The van der Waals surface area contributed by atoms with E-state index < -0.39 is 5.91 Å². The van der Waals surface area contributed by atoms with Crippen LogP contribution in [0.1, 0.15) is 28.3 Å². The molecule has 0 fully saturated rings. The molecule has 0 aliphatic heterocycles. The van der Waals surface area contributed by atoms with Crippen LogP contribution in [0.4, 0.5) is 0 Å². The molecule has 3 aromatic rings. The molecule has 0 aliphatic carbocycles. The minimum atomic E-state index is -0.435. The first kappa shape index (κ1) is 19.7. The fraction of sp³-hybridized carbons (Fsp3) is 0.182. The lowest BCUT2D eigenvalue weighted by molar-refractivity contribution is -0.113. The largest absolute Gasteiger partial charge is 0.317 e. The van der Waals surface area contributed by atoms with E-state index in [1.807, 2.05) is 76.2 Å². The Morgan fingerprint density at radius 1 is 1.07 bits per heavy atom. The second kappa shape index (κ2) is 7.91. The lowest BCUT2D eigenvalue weighted by Crippen LogP contribution is -2.25. The van der Waals surface area contributed by atoms with Crippen LogP contribution in [-0.2, 0) is 4.79 Å². The summed E-state index contributed by atoms with van der Waals surface area (Å²) in [6.07, 6.45) is 1.64. The van der Waals surface area contributed by atoms with Gasteiger partial charge in [0.1, 0.15) is 11.6 Å². The van der Waals surface area contributed by atoms with E-state index in [1.54, 1.807) is 10.8 Å². The summed E-state index contributed by atoms with van der Waals surface area (Å²) in [5, 5.41) is 9.55. The van der Waals surface area contributed by atoms with Crippen LogP contribution in [0.25, 0.3) is 11.8 Å². The molecule has 0 saturated carbocycles. The highest BCUT2D eigenvalue weighted by molar-refractivity contribution is 9.10. The molecule has 6 heteroatoms. The molecule has 0 atom stereocenters. The summed E-state index contributed by atoms with van der Waals surface area (Å²) in [5.74, 6) is -0.435. The zero-order chi connectivity index (χ0) is 20.4. The number of nitrogens with one attached hydrogen (secondary N) is 1. The van der Waals surface area contributed by atoms with Crippen LogP contribution in [0, 0.1) is 39.0 Å². The monoisotopic (exact) mass is 436 g/mol. The number of hydrogen-bond donors (Lipinski definition) is 1. The van der Waals surface area contributed by atoms with Gasteiger partial charge in [0.2, 0.25) is 0 Å². The molecule has 28 heavy (non-hydrogen) atoms. The lowest BCUT2D eigenvalue weighted by Gasteiger charge is -2.12. The van der Waals surface area contributed by atoms with E-state index in [9.17, 15) is 10.1 Å². The van der Waals surface area contributed by atoms with Crippen LogP contribution in [0.5, 0.6) is 0 Å².